The highest BCUT2D eigenvalue weighted by molar-refractivity contribution is 7.80. The lowest BCUT2D eigenvalue weighted by atomic mass is 10.2. The van der Waals surface area contributed by atoms with E-state index in [4.69, 9.17) is 0 Å². The van der Waals surface area contributed by atoms with Crippen LogP contribution in [0.3, 0.4) is 0 Å². The van der Waals surface area contributed by atoms with Crippen molar-refractivity contribution in [2.75, 3.05) is 5.75 Å². The molecular formula is C8H16S. The summed E-state index contributed by atoms with van der Waals surface area (Å²) in [5.41, 5.74) is 0. The molecule has 0 aliphatic rings. The van der Waals surface area contributed by atoms with Crippen molar-refractivity contribution in [1.82, 2.24) is 0 Å². The maximum atomic E-state index is 4.13. The number of rotatable bonds is 5. The van der Waals surface area contributed by atoms with Crippen LogP contribution in [0.2, 0.25) is 0 Å². The smallest absolute Gasteiger partial charge is 0.00979 e. The Hall–Kier alpha value is 0.0900. The van der Waals surface area contributed by atoms with Crippen molar-refractivity contribution in [2.24, 2.45) is 0 Å². The lowest BCUT2D eigenvalue weighted by molar-refractivity contribution is 0.735. The van der Waals surface area contributed by atoms with E-state index >= 15 is 0 Å². The van der Waals surface area contributed by atoms with Gasteiger partial charge in [-0.2, -0.15) is 12.6 Å². The van der Waals surface area contributed by atoms with Crippen molar-refractivity contribution in [2.45, 2.75) is 32.6 Å². The van der Waals surface area contributed by atoms with E-state index in [1.165, 1.54) is 25.7 Å². The minimum absolute atomic E-state index is 1.04. The monoisotopic (exact) mass is 144 g/mol. The molecule has 0 heterocycles. The van der Waals surface area contributed by atoms with Gasteiger partial charge in [0.05, 0.1) is 0 Å². The minimum atomic E-state index is 1.04. The Morgan fingerprint density at radius 1 is 1.22 bits per heavy atom. The molecule has 0 saturated carbocycles. The molecule has 0 atom stereocenters. The Morgan fingerprint density at radius 2 is 2.00 bits per heavy atom. The van der Waals surface area contributed by atoms with Crippen LogP contribution in [0.15, 0.2) is 12.2 Å². The topological polar surface area (TPSA) is 0 Å². The molecule has 0 aliphatic heterocycles. The Kier molecular flexibility index (Phi) is 8.17. The van der Waals surface area contributed by atoms with Crippen LogP contribution in [-0.4, -0.2) is 5.75 Å². The fourth-order valence-electron chi connectivity index (χ4n) is 0.717. The number of unbranched alkanes of at least 4 members (excludes halogenated alkanes) is 3. The third-order valence-electron chi connectivity index (χ3n) is 1.26. The molecule has 0 aliphatic carbocycles. The van der Waals surface area contributed by atoms with E-state index in [0.29, 0.717) is 0 Å². The van der Waals surface area contributed by atoms with Crippen molar-refractivity contribution in [1.29, 1.82) is 0 Å². The third-order valence-corrected chi connectivity index (χ3v) is 1.58. The first kappa shape index (κ1) is 9.09. The molecule has 0 radical (unpaired) electrons. The van der Waals surface area contributed by atoms with Crippen LogP contribution in [0.5, 0.6) is 0 Å². The van der Waals surface area contributed by atoms with E-state index < -0.39 is 0 Å². The number of hydrogen-bond donors (Lipinski definition) is 1. The molecule has 0 saturated heterocycles. The summed E-state index contributed by atoms with van der Waals surface area (Å²) >= 11 is 4.13. The molecule has 0 aromatic carbocycles. The zero-order valence-electron chi connectivity index (χ0n) is 6.14. The molecule has 0 rings (SSSR count). The Morgan fingerprint density at radius 3 is 2.56 bits per heavy atom. The average Bonchev–Trinajstić information content (AvgIpc) is 1.89. The number of allylic oxidation sites excluding steroid dienone is 2. The van der Waals surface area contributed by atoms with Gasteiger partial charge in [-0.25, -0.2) is 0 Å². The second-order valence-electron chi connectivity index (χ2n) is 2.14. The second-order valence-corrected chi connectivity index (χ2v) is 2.59. The van der Waals surface area contributed by atoms with Crippen LogP contribution >= 0.6 is 12.6 Å². The zero-order chi connectivity index (χ0) is 6.95. The van der Waals surface area contributed by atoms with E-state index in [9.17, 15) is 0 Å². The van der Waals surface area contributed by atoms with E-state index in [2.05, 4.69) is 31.7 Å². The van der Waals surface area contributed by atoms with Crippen LogP contribution in [0.25, 0.3) is 0 Å². The maximum absolute atomic E-state index is 4.13. The highest BCUT2D eigenvalue weighted by Gasteiger charge is 1.82. The summed E-state index contributed by atoms with van der Waals surface area (Å²) in [4.78, 5) is 0. The predicted molar refractivity (Wildman–Crippen MR) is 47.1 cm³/mol. The van der Waals surface area contributed by atoms with Crippen LogP contribution < -0.4 is 0 Å². The van der Waals surface area contributed by atoms with Gasteiger partial charge < -0.3 is 0 Å². The van der Waals surface area contributed by atoms with E-state index in [1.807, 2.05) is 0 Å². The molecule has 0 spiro atoms. The van der Waals surface area contributed by atoms with Crippen molar-refractivity contribution in [3.8, 4) is 0 Å². The summed E-state index contributed by atoms with van der Waals surface area (Å²) < 4.78 is 0. The van der Waals surface area contributed by atoms with Gasteiger partial charge in [-0.15, -0.1) is 0 Å². The SMILES string of the molecule is C/C=C/CCCCCS. The highest BCUT2D eigenvalue weighted by Crippen LogP contribution is 2.00. The van der Waals surface area contributed by atoms with Gasteiger partial charge in [0, 0.05) is 0 Å². The second kappa shape index (κ2) is 8.09. The van der Waals surface area contributed by atoms with E-state index in [-0.39, 0.29) is 0 Å². The molecule has 0 aromatic heterocycles. The van der Waals surface area contributed by atoms with Crippen molar-refractivity contribution < 1.29 is 0 Å². The fraction of sp³-hybridized carbons (Fsp3) is 0.750. The summed E-state index contributed by atoms with van der Waals surface area (Å²) in [5.74, 6) is 1.04. The summed E-state index contributed by atoms with van der Waals surface area (Å²) in [6.45, 7) is 2.07. The fourth-order valence-corrected chi connectivity index (χ4v) is 0.941. The van der Waals surface area contributed by atoms with Gasteiger partial charge in [0.15, 0.2) is 0 Å². The molecule has 0 N–H and O–H groups in total. The third kappa shape index (κ3) is 8.09. The van der Waals surface area contributed by atoms with Crippen LogP contribution in [0.4, 0.5) is 0 Å². The van der Waals surface area contributed by atoms with Gasteiger partial charge in [0.1, 0.15) is 0 Å². The Balaban J connectivity index is 2.75. The van der Waals surface area contributed by atoms with Gasteiger partial charge >= 0.3 is 0 Å². The highest BCUT2D eigenvalue weighted by atomic mass is 32.1. The normalized spacial score (nSPS) is 10.9. The molecule has 1 heteroatoms. The first-order valence-corrected chi connectivity index (χ1v) is 4.27. The first-order valence-electron chi connectivity index (χ1n) is 3.64. The zero-order valence-corrected chi connectivity index (χ0v) is 7.03. The molecule has 54 valence electrons. The summed E-state index contributed by atoms with van der Waals surface area (Å²) in [7, 11) is 0. The minimum Gasteiger partial charge on any atom is -0.179 e. The molecule has 0 aromatic rings. The van der Waals surface area contributed by atoms with Crippen molar-refractivity contribution >= 4 is 12.6 Å². The van der Waals surface area contributed by atoms with Gasteiger partial charge in [0.25, 0.3) is 0 Å². The van der Waals surface area contributed by atoms with E-state index in [0.717, 1.165) is 5.75 Å². The standard InChI is InChI=1S/C8H16S/c1-2-3-4-5-6-7-8-9/h2-3,9H,4-8H2,1H3/b3-2+. The molecule has 0 nitrogen and oxygen atoms in total. The molecule has 0 bridgehead atoms. The largest absolute Gasteiger partial charge is 0.179 e. The lowest BCUT2D eigenvalue weighted by Gasteiger charge is -1.92. The average molecular weight is 144 g/mol. The summed E-state index contributed by atoms with van der Waals surface area (Å²) in [6.07, 6.45) is 9.49. The van der Waals surface area contributed by atoms with Crippen molar-refractivity contribution in [3.63, 3.8) is 0 Å². The quantitative estimate of drug-likeness (QED) is 0.342. The number of thiol groups is 1. The van der Waals surface area contributed by atoms with Gasteiger partial charge in [-0.3, -0.25) is 0 Å². The molecular weight excluding hydrogens is 128 g/mol. The predicted octanol–water partition coefficient (Wildman–Crippen LogP) is 3.05. The first-order chi connectivity index (χ1) is 4.41. The summed E-state index contributed by atoms with van der Waals surface area (Å²) in [6, 6.07) is 0. The molecule has 0 amide bonds. The lowest BCUT2D eigenvalue weighted by Crippen LogP contribution is -1.75. The van der Waals surface area contributed by atoms with Crippen LogP contribution in [0.1, 0.15) is 32.6 Å². The van der Waals surface area contributed by atoms with Crippen molar-refractivity contribution in [3.05, 3.63) is 12.2 Å². The Bertz CT molecular complexity index is 67.0. The van der Waals surface area contributed by atoms with Crippen LogP contribution in [-0.2, 0) is 0 Å². The van der Waals surface area contributed by atoms with Gasteiger partial charge in [-0.05, 0) is 31.9 Å². The maximum Gasteiger partial charge on any atom is -0.00979 e. The summed E-state index contributed by atoms with van der Waals surface area (Å²) in [5, 5.41) is 0. The van der Waals surface area contributed by atoms with Gasteiger partial charge in [-0.1, -0.05) is 18.6 Å². The van der Waals surface area contributed by atoms with Gasteiger partial charge in [0.2, 0.25) is 0 Å². The Labute approximate surface area is 63.8 Å². The number of hydrogen-bond acceptors (Lipinski definition) is 1. The molecule has 9 heavy (non-hydrogen) atoms. The van der Waals surface area contributed by atoms with Crippen LogP contribution in [0, 0.1) is 0 Å². The van der Waals surface area contributed by atoms with E-state index in [1.54, 1.807) is 0 Å². The molecule has 0 fully saturated rings. The molecule has 0 unspecified atom stereocenters.